The number of amides is 5. The number of imidazole rings is 1. The lowest BCUT2D eigenvalue weighted by molar-refractivity contribution is -0.145. The van der Waals surface area contributed by atoms with E-state index in [4.69, 9.17) is 4.84 Å². The Labute approximate surface area is 259 Å². The van der Waals surface area contributed by atoms with E-state index in [0.717, 1.165) is 12.1 Å². The first-order valence-electron chi connectivity index (χ1n) is 14.4. The van der Waals surface area contributed by atoms with Crippen LogP contribution in [-0.2, 0) is 35.2 Å². The van der Waals surface area contributed by atoms with Gasteiger partial charge in [-0.15, -0.1) is 4.73 Å². The molecule has 4 atom stereocenters. The van der Waals surface area contributed by atoms with Crippen LogP contribution in [0, 0.1) is 11.8 Å². The maximum atomic E-state index is 13.5. The van der Waals surface area contributed by atoms with Crippen LogP contribution in [0.5, 0.6) is 11.8 Å². The number of carbonyl (C=O) groups is 6. The van der Waals surface area contributed by atoms with Crippen molar-refractivity contribution in [2.45, 2.75) is 72.0 Å². The fourth-order valence-electron chi connectivity index (χ4n) is 4.14. The van der Waals surface area contributed by atoms with Crippen molar-refractivity contribution in [2.24, 2.45) is 11.8 Å². The molecule has 1 unspecified atom stereocenters. The Kier molecular flexibility index (Phi) is 13.9. The molecular formula is C28H42N8O9. The van der Waals surface area contributed by atoms with E-state index in [-0.39, 0.29) is 24.7 Å². The summed E-state index contributed by atoms with van der Waals surface area (Å²) in [6.07, 6.45) is 3.79. The van der Waals surface area contributed by atoms with Crippen molar-refractivity contribution in [2.75, 3.05) is 13.1 Å². The summed E-state index contributed by atoms with van der Waals surface area (Å²) in [5.41, 5.74) is 0.600. The van der Waals surface area contributed by atoms with Crippen LogP contribution in [0.3, 0.4) is 0 Å². The quantitative estimate of drug-likeness (QED) is 0.101. The second kappa shape index (κ2) is 17.3. The molecule has 0 aliphatic heterocycles. The molecule has 2 rings (SSSR count). The number of aromatic hydroxyl groups is 2. The molecule has 248 valence electrons. The number of aromatic nitrogens is 3. The van der Waals surface area contributed by atoms with Crippen LogP contribution in [0.25, 0.3) is 0 Å². The van der Waals surface area contributed by atoms with Crippen molar-refractivity contribution >= 4 is 35.5 Å². The molecular weight excluding hydrogens is 592 g/mol. The first-order valence-corrected chi connectivity index (χ1v) is 14.4. The van der Waals surface area contributed by atoms with Crippen molar-refractivity contribution in [3.63, 3.8) is 0 Å². The lowest BCUT2D eigenvalue weighted by atomic mass is 9.96. The number of nitrogens with zero attached hydrogens (tertiary/aromatic N) is 2. The monoisotopic (exact) mass is 634 g/mol. The third-order valence-electron chi connectivity index (χ3n) is 6.65. The molecule has 45 heavy (non-hydrogen) atoms. The van der Waals surface area contributed by atoms with Gasteiger partial charge in [0.1, 0.15) is 24.7 Å². The Morgan fingerprint density at radius 3 is 2.13 bits per heavy atom. The van der Waals surface area contributed by atoms with Gasteiger partial charge in [-0.05, 0) is 18.3 Å². The molecule has 2 aromatic rings. The molecule has 0 radical (unpaired) electrons. The van der Waals surface area contributed by atoms with Gasteiger partial charge < -0.3 is 46.6 Å². The minimum Gasteiger partial charge on any atom is -0.492 e. The Hall–Kier alpha value is -5.09. The summed E-state index contributed by atoms with van der Waals surface area (Å²) in [5, 5.41) is 31.7. The summed E-state index contributed by atoms with van der Waals surface area (Å²) < 4.78 is 0.462. The SMILES string of the molecule is CCC(C)[C@H](NC(=O)[C@H](Cc1cnc[nH]1)NC(C)=O)C(=O)N[C@@H](CC(C)C)C(=O)NCC(=O)NCC(=O)On1c(O)ccc1O. The van der Waals surface area contributed by atoms with E-state index < -0.39 is 78.5 Å². The van der Waals surface area contributed by atoms with E-state index in [2.05, 4.69) is 36.6 Å². The van der Waals surface area contributed by atoms with Gasteiger partial charge in [-0.25, -0.2) is 9.78 Å². The number of hydrogen-bond donors (Lipinski definition) is 8. The van der Waals surface area contributed by atoms with Gasteiger partial charge in [0.25, 0.3) is 0 Å². The Bertz CT molecular complexity index is 1310. The van der Waals surface area contributed by atoms with E-state index in [0.29, 0.717) is 16.8 Å². The van der Waals surface area contributed by atoms with Gasteiger partial charge in [0.15, 0.2) is 0 Å². The molecule has 0 aromatic carbocycles. The van der Waals surface area contributed by atoms with Gasteiger partial charge in [0.05, 0.1) is 12.9 Å². The summed E-state index contributed by atoms with van der Waals surface area (Å²) >= 11 is 0. The number of hydrogen-bond acceptors (Lipinski definition) is 10. The van der Waals surface area contributed by atoms with Crippen LogP contribution >= 0.6 is 0 Å². The molecule has 0 fully saturated rings. The van der Waals surface area contributed by atoms with E-state index in [9.17, 15) is 39.0 Å². The van der Waals surface area contributed by atoms with Gasteiger partial charge in [0, 0.05) is 37.4 Å². The van der Waals surface area contributed by atoms with E-state index >= 15 is 0 Å². The zero-order chi connectivity index (χ0) is 33.7. The van der Waals surface area contributed by atoms with Gasteiger partial charge in [-0.1, -0.05) is 34.1 Å². The predicted octanol–water partition coefficient (Wildman–Crippen LogP) is -1.38. The molecule has 2 heterocycles. The molecule has 0 bridgehead atoms. The third kappa shape index (κ3) is 11.8. The van der Waals surface area contributed by atoms with E-state index in [1.807, 2.05) is 20.8 Å². The van der Waals surface area contributed by atoms with Crippen LogP contribution in [-0.4, -0.2) is 91.6 Å². The van der Waals surface area contributed by atoms with Crippen LogP contribution in [0.4, 0.5) is 0 Å². The highest BCUT2D eigenvalue weighted by molar-refractivity contribution is 5.95. The molecule has 0 aliphatic rings. The van der Waals surface area contributed by atoms with Gasteiger partial charge in [0.2, 0.25) is 41.3 Å². The summed E-state index contributed by atoms with van der Waals surface area (Å²) in [6, 6.07) is -0.917. The number of nitrogens with one attached hydrogen (secondary N) is 6. The molecule has 17 nitrogen and oxygen atoms in total. The summed E-state index contributed by atoms with van der Waals surface area (Å²) in [5.74, 6) is -5.53. The normalized spacial score (nSPS) is 13.6. The highest BCUT2D eigenvalue weighted by atomic mass is 16.7. The van der Waals surface area contributed by atoms with E-state index in [1.165, 1.54) is 19.4 Å². The van der Waals surface area contributed by atoms with Gasteiger partial charge >= 0.3 is 5.97 Å². The number of H-pyrrole nitrogens is 1. The molecule has 5 amide bonds. The lowest BCUT2D eigenvalue weighted by Gasteiger charge is -2.28. The van der Waals surface area contributed by atoms with Crippen molar-refractivity contribution in [1.29, 1.82) is 0 Å². The molecule has 17 heteroatoms. The zero-order valence-electron chi connectivity index (χ0n) is 25.9. The van der Waals surface area contributed by atoms with Crippen LogP contribution in [0.1, 0.15) is 53.2 Å². The van der Waals surface area contributed by atoms with Crippen molar-refractivity contribution in [3.8, 4) is 11.8 Å². The number of rotatable bonds is 17. The molecule has 0 aliphatic carbocycles. The Morgan fingerprint density at radius 2 is 1.58 bits per heavy atom. The fraction of sp³-hybridized carbons (Fsp3) is 0.536. The number of aromatic amines is 1. The van der Waals surface area contributed by atoms with Gasteiger partial charge in [-0.3, -0.25) is 24.0 Å². The second-order valence-electron chi connectivity index (χ2n) is 10.9. The zero-order valence-corrected chi connectivity index (χ0v) is 25.9. The molecule has 0 saturated carbocycles. The van der Waals surface area contributed by atoms with E-state index in [1.54, 1.807) is 6.92 Å². The van der Waals surface area contributed by atoms with Crippen molar-refractivity contribution < 1.29 is 43.8 Å². The lowest BCUT2D eigenvalue weighted by Crippen LogP contribution is -2.59. The fourth-order valence-corrected chi connectivity index (χ4v) is 4.14. The largest absolute Gasteiger partial charge is 0.492 e. The average molecular weight is 635 g/mol. The minimum atomic E-state index is -1.06. The average Bonchev–Trinajstić information content (AvgIpc) is 3.61. The molecule has 2 aromatic heterocycles. The number of carbonyl (C=O) groups excluding carboxylic acids is 6. The maximum Gasteiger partial charge on any atom is 0.352 e. The first kappa shape index (κ1) is 36.1. The van der Waals surface area contributed by atoms with Crippen LogP contribution in [0.2, 0.25) is 0 Å². The summed E-state index contributed by atoms with van der Waals surface area (Å²) in [4.78, 5) is 87.2. The predicted molar refractivity (Wildman–Crippen MR) is 158 cm³/mol. The smallest absolute Gasteiger partial charge is 0.352 e. The van der Waals surface area contributed by atoms with Gasteiger partial charge in [-0.2, -0.15) is 0 Å². The second-order valence-corrected chi connectivity index (χ2v) is 10.9. The minimum absolute atomic E-state index is 0.0404. The highest BCUT2D eigenvalue weighted by Gasteiger charge is 2.32. The maximum absolute atomic E-state index is 13.5. The van der Waals surface area contributed by atoms with Crippen LogP contribution < -0.4 is 31.4 Å². The van der Waals surface area contributed by atoms with Crippen molar-refractivity contribution in [3.05, 3.63) is 30.4 Å². The first-order chi connectivity index (χ1) is 21.2. The standard InChI is InChI=1S/C28H42N8O9/c1-6-16(4)25(35-27(43)20(33-17(5)37)10-18-11-29-14-32-18)28(44)34-19(9-15(2)3)26(42)31-12-21(38)30-13-24(41)45-36-22(39)7-8-23(36)40/h7-8,11,14-16,19-20,25,39-40H,6,9-10,12-13H2,1-5H3,(H,29,32)(H,30,38)(H,31,42)(H,33,37)(H,34,44)(H,35,43)/t16?,19-,20-,25-/m0/s1. The highest BCUT2D eigenvalue weighted by Crippen LogP contribution is 2.18. The Balaban J connectivity index is 2.01. The third-order valence-corrected chi connectivity index (χ3v) is 6.65. The molecule has 0 saturated heterocycles. The Morgan fingerprint density at radius 1 is 0.911 bits per heavy atom. The topological polar surface area (TPSA) is 246 Å². The molecule has 0 spiro atoms. The van der Waals surface area contributed by atoms with Crippen molar-refractivity contribution in [1.82, 2.24) is 41.3 Å². The molecule has 8 N–H and O–H groups in total. The van der Waals surface area contributed by atoms with Crippen LogP contribution in [0.15, 0.2) is 24.7 Å². The summed E-state index contributed by atoms with van der Waals surface area (Å²) in [6.45, 7) is 7.39. The summed E-state index contributed by atoms with van der Waals surface area (Å²) in [7, 11) is 0.